The molecule has 5 heteroatoms. The summed E-state index contributed by atoms with van der Waals surface area (Å²) >= 11 is 3.12. The summed E-state index contributed by atoms with van der Waals surface area (Å²) in [7, 11) is 0. The van der Waals surface area contributed by atoms with Crippen LogP contribution in [0, 0.1) is 5.82 Å². The zero-order chi connectivity index (χ0) is 14.8. The lowest BCUT2D eigenvalue weighted by molar-refractivity contribution is 0.275. The van der Waals surface area contributed by atoms with Crippen molar-refractivity contribution in [1.82, 2.24) is 4.98 Å². The molecule has 1 N–H and O–H groups in total. The molecule has 0 bridgehead atoms. The second kappa shape index (κ2) is 5.79. The largest absolute Gasteiger partial charge is 0.438 e. The molecule has 0 aliphatic carbocycles. The number of halogens is 2. The van der Waals surface area contributed by atoms with Crippen molar-refractivity contribution >= 4 is 26.7 Å². The van der Waals surface area contributed by atoms with Crippen LogP contribution in [0.15, 0.2) is 53.0 Å². The van der Waals surface area contributed by atoms with Crippen molar-refractivity contribution in [3.05, 3.63) is 64.5 Å². The molecule has 0 radical (unpaired) electrons. The summed E-state index contributed by atoms with van der Waals surface area (Å²) in [5.74, 6) is 0.496. The van der Waals surface area contributed by atoms with Crippen LogP contribution >= 0.6 is 15.9 Å². The summed E-state index contributed by atoms with van der Waals surface area (Å²) in [4.78, 5) is 4.29. The summed E-state index contributed by atoms with van der Waals surface area (Å²) in [5.41, 5.74) is 0.518. The number of ether oxygens (including phenoxy) is 1. The number of hydrogen-bond acceptors (Lipinski definition) is 3. The zero-order valence-corrected chi connectivity index (χ0v) is 12.5. The average molecular weight is 348 g/mol. The second-order valence-electron chi connectivity index (χ2n) is 4.48. The average Bonchev–Trinajstić information content (AvgIpc) is 2.51. The number of pyridine rings is 1. The molecule has 0 unspecified atom stereocenters. The Kier molecular flexibility index (Phi) is 3.86. The van der Waals surface area contributed by atoms with Crippen molar-refractivity contribution in [3.8, 4) is 11.6 Å². The molecule has 0 spiro atoms. The predicted octanol–water partition coefficient (Wildman–Crippen LogP) is 4.42. The van der Waals surface area contributed by atoms with Gasteiger partial charge in [0, 0.05) is 5.39 Å². The summed E-state index contributed by atoms with van der Waals surface area (Å²) in [5, 5.41) is 11.0. The van der Waals surface area contributed by atoms with E-state index >= 15 is 0 Å². The van der Waals surface area contributed by atoms with E-state index < -0.39 is 0 Å². The van der Waals surface area contributed by atoms with Crippen LogP contribution in [0.3, 0.4) is 0 Å². The first kappa shape index (κ1) is 14.0. The molecule has 0 fully saturated rings. The molecule has 3 aromatic rings. The molecule has 0 aliphatic heterocycles. The van der Waals surface area contributed by atoms with Gasteiger partial charge in [0.15, 0.2) is 0 Å². The third-order valence-corrected chi connectivity index (χ3v) is 3.63. The highest BCUT2D eigenvalue weighted by atomic mass is 79.9. The molecule has 1 heterocycles. The van der Waals surface area contributed by atoms with Crippen LogP contribution in [0.4, 0.5) is 4.39 Å². The van der Waals surface area contributed by atoms with E-state index in [1.54, 1.807) is 0 Å². The van der Waals surface area contributed by atoms with Gasteiger partial charge in [-0.15, -0.1) is 0 Å². The van der Waals surface area contributed by atoms with Gasteiger partial charge in [0.2, 0.25) is 5.88 Å². The van der Waals surface area contributed by atoms with Crippen molar-refractivity contribution in [2.75, 3.05) is 0 Å². The number of hydrogen-bond donors (Lipinski definition) is 1. The molecule has 0 aliphatic rings. The van der Waals surface area contributed by atoms with E-state index in [2.05, 4.69) is 20.9 Å². The maximum atomic E-state index is 13.3. The minimum Gasteiger partial charge on any atom is -0.438 e. The standard InChI is InChI=1S/C16H11BrFNO2/c17-14-8-12(5-6-15(14)18)21-16-13-4-2-1-3-10(13)7-11(9-20)19-16/h1-8,20H,9H2. The quantitative estimate of drug-likeness (QED) is 0.762. The van der Waals surface area contributed by atoms with Gasteiger partial charge in [-0.2, -0.15) is 0 Å². The van der Waals surface area contributed by atoms with Gasteiger partial charge >= 0.3 is 0 Å². The highest BCUT2D eigenvalue weighted by molar-refractivity contribution is 9.10. The summed E-state index contributed by atoms with van der Waals surface area (Å²) in [6, 6.07) is 13.8. The van der Waals surface area contributed by atoms with Crippen molar-refractivity contribution in [1.29, 1.82) is 0 Å². The van der Waals surface area contributed by atoms with Gasteiger partial charge in [0.25, 0.3) is 0 Å². The number of aromatic nitrogens is 1. The number of aliphatic hydroxyl groups is 1. The fourth-order valence-corrected chi connectivity index (χ4v) is 2.39. The van der Waals surface area contributed by atoms with E-state index in [1.807, 2.05) is 30.3 Å². The molecule has 0 atom stereocenters. The van der Waals surface area contributed by atoms with E-state index in [-0.39, 0.29) is 12.4 Å². The predicted molar refractivity (Wildman–Crippen MR) is 81.8 cm³/mol. The summed E-state index contributed by atoms with van der Waals surface area (Å²) < 4.78 is 19.3. The van der Waals surface area contributed by atoms with Crippen LogP contribution in [-0.2, 0) is 6.61 Å². The molecule has 0 saturated carbocycles. The van der Waals surface area contributed by atoms with E-state index in [0.717, 1.165) is 10.8 Å². The molecule has 2 aromatic carbocycles. The molecular formula is C16H11BrFNO2. The zero-order valence-electron chi connectivity index (χ0n) is 10.9. The lowest BCUT2D eigenvalue weighted by atomic mass is 10.1. The van der Waals surface area contributed by atoms with Crippen molar-refractivity contribution in [3.63, 3.8) is 0 Å². The van der Waals surface area contributed by atoms with Crippen LogP contribution in [-0.4, -0.2) is 10.1 Å². The van der Waals surface area contributed by atoms with Gasteiger partial charge in [-0.3, -0.25) is 0 Å². The van der Waals surface area contributed by atoms with Gasteiger partial charge in [-0.1, -0.05) is 18.2 Å². The lowest BCUT2D eigenvalue weighted by Gasteiger charge is -2.10. The lowest BCUT2D eigenvalue weighted by Crippen LogP contribution is -1.95. The van der Waals surface area contributed by atoms with Gasteiger partial charge in [0.1, 0.15) is 11.6 Å². The molecule has 0 amide bonds. The van der Waals surface area contributed by atoms with E-state index in [4.69, 9.17) is 4.74 Å². The van der Waals surface area contributed by atoms with E-state index in [0.29, 0.717) is 21.8 Å². The maximum absolute atomic E-state index is 13.3. The Bertz CT molecular complexity index is 807. The molecule has 0 saturated heterocycles. The first-order chi connectivity index (χ1) is 10.2. The van der Waals surface area contributed by atoms with Crippen LogP contribution in [0.2, 0.25) is 0 Å². The first-order valence-corrected chi connectivity index (χ1v) is 7.09. The van der Waals surface area contributed by atoms with Crippen molar-refractivity contribution < 1.29 is 14.2 Å². The van der Waals surface area contributed by atoms with Gasteiger partial charge in [-0.25, -0.2) is 9.37 Å². The minimum atomic E-state index is -0.357. The highest BCUT2D eigenvalue weighted by Gasteiger charge is 2.09. The Hall–Kier alpha value is -1.98. The van der Waals surface area contributed by atoms with E-state index in [9.17, 15) is 9.50 Å². The van der Waals surface area contributed by atoms with Crippen molar-refractivity contribution in [2.45, 2.75) is 6.61 Å². The number of rotatable bonds is 3. The molecule has 21 heavy (non-hydrogen) atoms. The van der Waals surface area contributed by atoms with Gasteiger partial charge in [-0.05, 0) is 51.6 Å². The monoisotopic (exact) mass is 347 g/mol. The molecular weight excluding hydrogens is 337 g/mol. The number of aliphatic hydroxyl groups excluding tert-OH is 1. The Morgan fingerprint density at radius 1 is 1.14 bits per heavy atom. The summed E-state index contributed by atoms with van der Waals surface area (Å²) in [6.07, 6.45) is 0. The fourth-order valence-electron chi connectivity index (χ4n) is 2.03. The Morgan fingerprint density at radius 2 is 1.95 bits per heavy atom. The second-order valence-corrected chi connectivity index (χ2v) is 5.33. The first-order valence-electron chi connectivity index (χ1n) is 6.30. The number of benzene rings is 2. The van der Waals surface area contributed by atoms with Crippen molar-refractivity contribution in [2.24, 2.45) is 0 Å². The molecule has 3 nitrogen and oxygen atoms in total. The topological polar surface area (TPSA) is 42.4 Å². The SMILES string of the molecule is OCc1cc2ccccc2c(Oc2ccc(F)c(Br)c2)n1. The molecule has 1 aromatic heterocycles. The van der Waals surface area contributed by atoms with E-state index in [1.165, 1.54) is 18.2 Å². The normalized spacial score (nSPS) is 10.8. The van der Waals surface area contributed by atoms with Crippen LogP contribution < -0.4 is 4.74 Å². The number of fused-ring (bicyclic) bond motifs is 1. The third-order valence-electron chi connectivity index (χ3n) is 3.03. The van der Waals surface area contributed by atoms with Crippen LogP contribution in [0.1, 0.15) is 5.69 Å². The molecule has 3 rings (SSSR count). The minimum absolute atomic E-state index is 0.172. The molecule has 106 valence electrons. The van der Waals surface area contributed by atoms with Gasteiger partial charge < -0.3 is 9.84 Å². The van der Waals surface area contributed by atoms with Gasteiger partial charge in [0.05, 0.1) is 16.8 Å². The smallest absolute Gasteiger partial charge is 0.227 e. The van der Waals surface area contributed by atoms with Crippen LogP contribution in [0.25, 0.3) is 10.8 Å². The Labute approximate surface area is 129 Å². The van der Waals surface area contributed by atoms with Crippen LogP contribution in [0.5, 0.6) is 11.6 Å². The Balaban J connectivity index is 2.08. The number of nitrogens with zero attached hydrogens (tertiary/aromatic N) is 1. The highest BCUT2D eigenvalue weighted by Crippen LogP contribution is 2.30. The maximum Gasteiger partial charge on any atom is 0.227 e. The third kappa shape index (κ3) is 2.89. The Morgan fingerprint density at radius 3 is 2.71 bits per heavy atom. The summed E-state index contributed by atoms with van der Waals surface area (Å²) in [6.45, 7) is -0.172. The fraction of sp³-hybridized carbons (Fsp3) is 0.0625.